The van der Waals surface area contributed by atoms with Crippen molar-refractivity contribution in [3.8, 4) is 11.5 Å². The van der Waals surface area contributed by atoms with Gasteiger partial charge < -0.3 is 23.9 Å². The summed E-state index contributed by atoms with van der Waals surface area (Å²) in [6.45, 7) is 3.71. The number of carbonyl (C=O) groups excluding carboxylic acids is 2. The summed E-state index contributed by atoms with van der Waals surface area (Å²) in [6, 6.07) is 13.5. The van der Waals surface area contributed by atoms with E-state index in [1.54, 1.807) is 18.2 Å². The summed E-state index contributed by atoms with van der Waals surface area (Å²) in [5.74, 6) is -0.105. The third kappa shape index (κ3) is 6.58. The van der Waals surface area contributed by atoms with Crippen molar-refractivity contribution in [2.24, 2.45) is 0 Å². The van der Waals surface area contributed by atoms with Crippen molar-refractivity contribution in [3.05, 3.63) is 76.2 Å². The van der Waals surface area contributed by atoms with Gasteiger partial charge in [-0.05, 0) is 61.2 Å². The molecule has 8 heteroatoms. The highest BCUT2D eigenvalue weighted by molar-refractivity contribution is 5.97. The van der Waals surface area contributed by atoms with Gasteiger partial charge in [0.2, 0.25) is 0 Å². The summed E-state index contributed by atoms with van der Waals surface area (Å²) in [7, 11) is 0. The Hall–Kier alpha value is -3.91. The Morgan fingerprint density at radius 2 is 1.91 bits per heavy atom. The lowest BCUT2D eigenvalue weighted by Crippen LogP contribution is -2.34. The van der Waals surface area contributed by atoms with Crippen LogP contribution in [0.4, 0.5) is 0 Å². The monoisotopic (exact) mass is 477 g/mol. The fraction of sp³-hybridized carbons (Fsp3) is 0.296. The van der Waals surface area contributed by atoms with E-state index in [1.165, 1.54) is 18.2 Å². The van der Waals surface area contributed by atoms with E-state index >= 15 is 0 Å². The van der Waals surface area contributed by atoms with Gasteiger partial charge in [-0.15, -0.1) is 0 Å². The van der Waals surface area contributed by atoms with Gasteiger partial charge in [-0.3, -0.25) is 4.79 Å². The van der Waals surface area contributed by atoms with Gasteiger partial charge in [0.15, 0.2) is 0 Å². The van der Waals surface area contributed by atoms with Gasteiger partial charge in [-0.1, -0.05) is 19.1 Å². The minimum atomic E-state index is -0.767. The summed E-state index contributed by atoms with van der Waals surface area (Å²) in [6.07, 6.45) is 5.68. The van der Waals surface area contributed by atoms with Crippen LogP contribution >= 0.6 is 0 Å². The molecule has 35 heavy (non-hydrogen) atoms. The number of rotatable bonds is 9. The van der Waals surface area contributed by atoms with Gasteiger partial charge in [0.05, 0.1) is 12.7 Å². The molecule has 4 rings (SSSR count). The lowest BCUT2D eigenvalue weighted by Gasteiger charge is -2.10. The van der Waals surface area contributed by atoms with E-state index in [1.807, 2.05) is 31.2 Å². The normalized spacial score (nSPS) is 15.4. The Balaban J connectivity index is 1.38. The van der Waals surface area contributed by atoms with Gasteiger partial charge in [0, 0.05) is 30.7 Å². The van der Waals surface area contributed by atoms with E-state index in [-0.39, 0.29) is 23.0 Å². The number of benzene rings is 2. The molecule has 0 aliphatic carbocycles. The molecular formula is C27H27NO7. The van der Waals surface area contributed by atoms with Gasteiger partial charge >= 0.3 is 11.6 Å². The number of hydrogen-bond donors (Lipinski definition) is 1. The van der Waals surface area contributed by atoms with Crippen LogP contribution in [0.1, 0.15) is 42.1 Å². The maximum absolute atomic E-state index is 12.4. The van der Waals surface area contributed by atoms with Crippen LogP contribution < -0.4 is 20.4 Å². The molecule has 0 bridgehead atoms. The maximum Gasteiger partial charge on any atom is 0.349 e. The Morgan fingerprint density at radius 3 is 2.66 bits per heavy atom. The average molecular weight is 478 g/mol. The first-order valence-corrected chi connectivity index (χ1v) is 11.6. The Kier molecular flexibility index (Phi) is 7.95. The van der Waals surface area contributed by atoms with Crippen LogP contribution in [0.2, 0.25) is 0 Å². The van der Waals surface area contributed by atoms with Crippen molar-refractivity contribution in [2.45, 2.75) is 32.3 Å². The standard InChI is InChI=1S/C27H27NO7/c1-2-13-32-20-9-5-18(6-10-20)7-12-25(29)34-21-11-8-19-15-23(27(31)35-24(19)16-21)26(30)28-17-22-4-3-14-33-22/h5-12,15-16,22H,2-4,13-14,17H2,1H3,(H,28,30)/b12-7+. The number of esters is 1. The number of nitrogens with one attached hydrogen (secondary N) is 1. The predicted octanol–water partition coefficient (Wildman–Crippen LogP) is 4.11. The van der Waals surface area contributed by atoms with Gasteiger partial charge in [-0.2, -0.15) is 0 Å². The molecule has 1 atom stereocenters. The molecule has 8 nitrogen and oxygen atoms in total. The largest absolute Gasteiger partial charge is 0.494 e. The van der Waals surface area contributed by atoms with Gasteiger partial charge in [-0.25, -0.2) is 9.59 Å². The number of fused-ring (bicyclic) bond motifs is 1. The Labute approximate surface area is 202 Å². The molecule has 1 fully saturated rings. The maximum atomic E-state index is 12.4. The summed E-state index contributed by atoms with van der Waals surface area (Å²) in [5.41, 5.74) is 0.176. The molecule has 182 valence electrons. The van der Waals surface area contributed by atoms with E-state index in [4.69, 9.17) is 18.6 Å². The van der Waals surface area contributed by atoms with Crippen molar-refractivity contribution < 1.29 is 28.2 Å². The second kappa shape index (κ2) is 11.5. The van der Waals surface area contributed by atoms with Crippen LogP contribution in [0.15, 0.2) is 63.8 Å². The van der Waals surface area contributed by atoms with E-state index in [9.17, 15) is 14.4 Å². The number of carbonyl (C=O) groups is 2. The Morgan fingerprint density at radius 1 is 1.11 bits per heavy atom. The highest BCUT2D eigenvalue weighted by atomic mass is 16.5. The first-order valence-electron chi connectivity index (χ1n) is 11.6. The summed E-state index contributed by atoms with van der Waals surface area (Å²) in [5, 5.41) is 3.25. The topological polar surface area (TPSA) is 104 Å². The molecule has 0 spiro atoms. The number of amides is 1. The second-order valence-electron chi connectivity index (χ2n) is 8.16. The van der Waals surface area contributed by atoms with E-state index in [0.29, 0.717) is 25.1 Å². The third-order valence-corrected chi connectivity index (χ3v) is 5.45. The molecule has 1 aliphatic heterocycles. The predicted molar refractivity (Wildman–Crippen MR) is 131 cm³/mol. The Bertz CT molecular complexity index is 1270. The van der Waals surface area contributed by atoms with Crippen molar-refractivity contribution in [1.29, 1.82) is 0 Å². The zero-order valence-corrected chi connectivity index (χ0v) is 19.5. The third-order valence-electron chi connectivity index (χ3n) is 5.45. The van der Waals surface area contributed by atoms with Crippen molar-refractivity contribution in [1.82, 2.24) is 5.32 Å². The number of hydrogen-bond acceptors (Lipinski definition) is 7. The SMILES string of the molecule is CCCOc1ccc(/C=C/C(=O)Oc2ccc3cc(C(=O)NCC4CCCO4)c(=O)oc3c2)cc1. The lowest BCUT2D eigenvalue weighted by atomic mass is 10.1. The molecule has 0 radical (unpaired) electrons. The van der Waals surface area contributed by atoms with Crippen molar-refractivity contribution in [2.75, 3.05) is 19.8 Å². The zero-order valence-electron chi connectivity index (χ0n) is 19.5. The lowest BCUT2D eigenvalue weighted by molar-refractivity contribution is -0.128. The molecule has 0 saturated carbocycles. The summed E-state index contributed by atoms with van der Waals surface area (Å²) >= 11 is 0. The first-order chi connectivity index (χ1) is 17.0. The van der Waals surface area contributed by atoms with Crippen LogP contribution in [-0.2, 0) is 9.53 Å². The average Bonchev–Trinajstić information content (AvgIpc) is 3.39. The van der Waals surface area contributed by atoms with Crippen LogP contribution in [0.25, 0.3) is 17.0 Å². The molecule has 1 aromatic heterocycles. The van der Waals surface area contributed by atoms with Crippen molar-refractivity contribution in [3.63, 3.8) is 0 Å². The van der Waals surface area contributed by atoms with Crippen molar-refractivity contribution >= 4 is 28.9 Å². The van der Waals surface area contributed by atoms with Crippen LogP contribution in [-0.4, -0.2) is 37.7 Å². The minimum Gasteiger partial charge on any atom is -0.494 e. The fourth-order valence-electron chi connectivity index (χ4n) is 3.63. The zero-order chi connectivity index (χ0) is 24.6. The van der Waals surface area contributed by atoms with Crippen LogP contribution in [0.3, 0.4) is 0 Å². The minimum absolute atomic E-state index is 0.0306. The molecule has 1 saturated heterocycles. The van der Waals surface area contributed by atoms with Crippen LogP contribution in [0, 0.1) is 0 Å². The second-order valence-corrected chi connectivity index (χ2v) is 8.16. The molecule has 2 heterocycles. The van der Waals surface area contributed by atoms with E-state index in [2.05, 4.69) is 5.32 Å². The molecular weight excluding hydrogens is 450 g/mol. The summed E-state index contributed by atoms with van der Waals surface area (Å²) < 4.78 is 21.7. The molecule has 1 amide bonds. The quantitative estimate of drug-likeness (QED) is 0.214. The van der Waals surface area contributed by atoms with E-state index < -0.39 is 17.5 Å². The number of ether oxygens (including phenoxy) is 3. The molecule has 1 N–H and O–H groups in total. The first kappa shape index (κ1) is 24.2. The summed E-state index contributed by atoms with van der Waals surface area (Å²) in [4.78, 5) is 37.0. The fourth-order valence-corrected chi connectivity index (χ4v) is 3.63. The molecule has 2 aromatic carbocycles. The van der Waals surface area contributed by atoms with E-state index in [0.717, 1.165) is 30.6 Å². The molecule has 1 unspecified atom stereocenters. The molecule has 3 aromatic rings. The highest BCUT2D eigenvalue weighted by Crippen LogP contribution is 2.21. The van der Waals surface area contributed by atoms with Gasteiger partial charge in [0.25, 0.3) is 5.91 Å². The molecule has 1 aliphatic rings. The van der Waals surface area contributed by atoms with Gasteiger partial charge in [0.1, 0.15) is 22.6 Å². The smallest absolute Gasteiger partial charge is 0.349 e. The van der Waals surface area contributed by atoms with Crippen LogP contribution in [0.5, 0.6) is 11.5 Å². The highest BCUT2D eigenvalue weighted by Gasteiger charge is 2.19.